The number of piperidine rings is 1. The summed E-state index contributed by atoms with van der Waals surface area (Å²) in [7, 11) is 0. The zero-order valence-corrected chi connectivity index (χ0v) is 21.2. The molecule has 2 aromatic carbocycles. The Kier molecular flexibility index (Phi) is 8.35. The summed E-state index contributed by atoms with van der Waals surface area (Å²) < 4.78 is 12.2. The average Bonchev–Trinajstić information content (AvgIpc) is 2.83. The highest BCUT2D eigenvalue weighted by molar-refractivity contribution is 5.84. The van der Waals surface area contributed by atoms with Crippen LogP contribution >= 0.6 is 0 Å². The first kappa shape index (κ1) is 24.1. The third-order valence-electron chi connectivity index (χ3n) is 7.83. The van der Waals surface area contributed by atoms with Gasteiger partial charge in [0.05, 0.1) is 18.5 Å². The quantitative estimate of drug-likeness (QED) is 0.388. The van der Waals surface area contributed by atoms with Gasteiger partial charge < -0.3 is 9.47 Å². The molecular formula is C30H43NO2. The van der Waals surface area contributed by atoms with Crippen molar-refractivity contribution in [2.24, 2.45) is 17.8 Å². The molecule has 0 radical (unpaired) electrons. The molecule has 33 heavy (non-hydrogen) atoms. The molecule has 0 aromatic heterocycles. The average molecular weight is 450 g/mol. The predicted molar refractivity (Wildman–Crippen MR) is 139 cm³/mol. The van der Waals surface area contributed by atoms with Crippen molar-refractivity contribution in [3.63, 3.8) is 0 Å². The van der Waals surface area contributed by atoms with E-state index in [1.54, 1.807) is 0 Å². The summed E-state index contributed by atoms with van der Waals surface area (Å²) in [6.45, 7) is 13.0. The van der Waals surface area contributed by atoms with E-state index in [1.165, 1.54) is 60.6 Å². The van der Waals surface area contributed by atoms with Crippen molar-refractivity contribution in [3.05, 3.63) is 53.8 Å². The summed E-state index contributed by atoms with van der Waals surface area (Å²) >= 11 is 0. The van der Waals surface area contributed by atoms with Crippen molar-refractivity contribution in [3.8, 4) is 5.75 Å². The van der Waals surface area contributed by atoms with E-state index in [0.717, 1.165) is 43.8 Å². The maximum Gasteiger partial charge on any atom is 0.120 e. The van der Waals surface area contributed by atoms with Gasteiger partial charge in [-0.25, -0.2) is 0 Å². The Morgan fingerprint density at radius 1 is 0.970 bits per heavy atom. The predicted octanol–water partition coefficient (Wildman–Crippen LogP) is 7.59. The van der Waals surface area contributed by atoms with Gasteiger partial charge in [0.2, 0.25) is 0 Å². The van der Waals surface area contributed by atoms with Gasteiger partial charge >= 0.3 is 0 Å². The Bertz CT molecular complexity index is 918. The molecule has 2 fully saturated rings. The minimum atomic E-state index is 0.380. The number of fused-ring (bicyclic) bond motifs is 1. The molecule has 4 rings (SSSR count). The largest absolute Gasteiger partial charge is 0.498 e. The number of ether oxygens (including phenoxy) is 2. The van der Waals surface area contributed by atoms with Crippen molar-refractivity contribution < 1.29 is 9.47 Å². The molecule has 1 aliphatic carbocycles. The summed E-state index contributed by atoms with van der Waals surface area (Å²) in [6, 6.07) is 13.6. The van der Waals surface area contributed by atoms with Crippen LogP contribution in [0.2, 0.25) is 0 Å². The molecule has 1 aliphatic heterocycles. The highest BCUT2D eigenvalue weighted by Gasteiger charge is 2.25. The van der Waals surface area contributed by atoms with Crippen LogP contribution in [0.25, 0.3) is 10.8 Å². The fourth-order valence-electron chi connectivity index (χ4n) is 5.75. The highest BCUT2D eigenvalue weighted by atomic mass is 16.5. The van der Waals surface area contributed by atoms with Gasteiger partial charge in [0.15, 0.2) is 0 Å². The van der Waals surface area contributed by atoms with Gasteiger partial charge in [0.25, 0.3) is 0 Å². The van der Waals surface area contributed by atoms with E-state index in [4.69, 9.17) is 9.47 Å². The van der Waals surface area contributed by atoms with Crippen molar-refractivity contribution >= 4 is 10.8 Å². The van der Waals surface area contributed by atoms with Crippen LogP contribution in [0.1, 0.15) is 71.8 Å². The van der Waals surface area contributed by atoms with Crippen molar-refractivity contribution in [1.29, 1.82) is 0 Å². The zero-order valence-electron chi connectivity index (χ0n) is 21.2. The highest BCUT2D eigenvalue weighted by Crippen LogP contribution is 2.33. The van der Waals surface area contributed by atoms with Crippen LogP contribution in [-0.2, 0) is 11.3 Å². The number of rotatable bonds is 8. The SMILES string of the molecule is C/C=C(\OCC)C1CCN(Cc2ccc3cc(OC4CCC(C(C)C)CC4)ccc3c2)CC1. The normalized spacial score (nSPS) is 23.2. The molecule has 180 valence electrons. The van der Waals surface area contributed by atoms with Crippen molar-refractivity contribution in [2.45, 2.75) is 78.9 Å². The molecule has 0 unspecified atom stereocenters. The molecule has 1 saturated carbocycles. The van der Waals surface area contributed by atoms with E-state index in [-0.39, 0.29) is 0 Å². The second kappa shape index (κ2) is 11.4. The lowest BCUT2D eigenvalue weighted by Crippen LogP contribution is -2.34. The van der Waals surface area contributed by atoms with E-state index in [0.29, 0.717) is 12.0 Å². The first-order valence-corrected chi connectivity index (χ1v) is 13.3. The standard InChI is InChI=1S/C30H43NO2/c1-5-30(32-6-2)25-15-17-31(18-16-25)21-23-7-8-27-20-29(14-11-26(27)19-23)33-28-12-9-24(10-13-28)22(3)4/h5,7-8,11,14,19-20,22,24-25,28H,6,9-10,12-13,15-18,21H2,1-4H3/b30-5-. The second-order valence-electron chi connectivity index (χ2n) is 10.4. The number of allylic oxidation sites excluding steroid dienone is 2. The van der Waals surface area contributed by atoms with Crippen molar-refractivity contribution in [2.75, 3.05) is 19.7 Å². The van der Waals surface area contributed by atoms with Crippen LogP contribution < -0.4 is 4.74 Å². The van der Waals surface area contributed by atoms with E-state index in [9.17, 15) is 0 Å². The van der Waals surface area contributed by atoms with Gasteiger partial charge in [-0.15, -0.1) is 0 Å². The summed E-state index contributed by atoms with van der Waals surface area (Å²) in [5.41, 5.74) is 1.40. The molecule has 1 saturated heterocycles. The third-order valence-corrected chi connectivity index (χ3v) is 7.83. The molecule has 2 aliphatic rings. The minimum Gasteiger partial charge on any atom is -0.498 e. The molecule has 2 aromatic rings. The van der Waals surface area contributed by atoms with Crippen LogP contribution in [0.15, 0.2) is 48.2 Å². The zero-order chi connectivity index (χ0) is 23.2. The topological polar surface area (TPSA) is 21.7 Å². The Balaban J connectivity index is 1.31. The fraction of sp³-hybridized carbons (Fsp3) is 0.600. The van der Waals surface area contributed by atoms with Crippen LogP contribution in [-0.4, -0.2) is 30.7 Å². The molecule has 0 N–H and O–H groups in total. The number of likely N-dealkylation sites (tertiary alicyclic amines) is 1. The number of hydrogen-bond acceptors (Lipinski definition) is 3. The Morgan fingerprint density at radius 2 is 1.67 bits per heavy atom. The van der Waals surface area contributed by atoms with E-state index in [2.05, 4.69) is 75.1 Å². The maximum atomic E-state index is 6.38. The van der Waals surface area contributed by atoms with E-state index >= 15 is 0 Å². The number of nitrogens with zero attached hydrogens (tertiary/aromatic N) is 1. The minimum absolute atomic E-state index is 0.380. The first-order valence-electron chi connectivity index (χ1n) is 13.3. The molecule has 0 amide bonds. The maximum absolute atomic E-state index is 6.38. The van der Waals surface area contributed by atoms with Crippen LogP contribution in [0.5, 0.6) is 5.75 Å². The van der Waals surface area contributed by atoms with Gasteiger partial charge in [0, 0.05) is 12.5 Å². The monoisotopic (exact) mass is 449 g/mol. The second-order valence-corrected chi connectivity index (χ2v) is 10.4. The van der Waals surface area contributed by atoms with Gasteiger partial charge in [0.1, 0.15) is 5.75 Å². The molecule has 3 nitrogen and oxygen atoms in total. The van der Waals surface area contributed by atoms with E-state index in [1.807, 2.05) is 0 Å². The molecule has 0 spiro atoms. The first-order chi connectivity index (χ1) is 16.1. The summed E-state index contributed by atoms with van der Waals surface area (Å²) in [5, 5.41) is 2.59. The molecule has 0 bridgehead atoms. The molecule has 1 heterocycles. The summed E-state index contributed by atoms with van der Waals surface area (Å²) in [6.07, 6.45) is 9.90. The Morgan fingerprint density at radius 3 is 2.33 bits per heavy atom. The molecule has 3 heteroatoms. The fourth-order valence-corrected chi connectivity index (χ4v) is 5.75. The summed E-state index contributed by atoms with van der Waals surface area (Å²) in [4.78, 5) is 2.59. The third kappa shape index (κ3) is 6.32. The van der Waals surface area contributed by atoms with Crippen LogP contribution in [0.3, 0.4) is 0 Å². The number of benzene rings is 2. The Labute approximate surface area is 201 Å². The smallest absolute Gasteiger partial charge is 0.120 e. The van der Waals surface area contributed by atoms with Gasteiger partial charge in [-0.3, -0.25) is 4.90 Å². The summed E-state index contributed by atoms with van der Waals surface area (Å²) in [5.74, 6) is 4.48. The Hall–Kier alpha value is -2.00. The van der Waals surface area contributed by atoms with Gasteiger partial charge in [-0.1, -0.05) is 32.0 Å². The lowest BCUT2D eigenvalue weighted by Gasteiger charge is -2.33. The lowest BCUT2D eigenvalue weighted by molar-refractivity contribution is 0.117. The molecular weight excluding hydrogens is 406 g/mol. The van der Waals surface area contributed by atoms with Gasteiger partial charge in [-0.05, 0) is 118 Å². The molecule has 0 atom stereocenters. The van der Waals surface area contributed by atoms with Gasteiger partial charge in [-0.2, -0.15) is 0 Å². The van der Waals surface area contributed by atoms with Crippen LogP contribution in [0, 0.1) is 17.8 Å². The number of hydrogen-bond donors (Lipinski definition) is 0. The van der Waals surface area contributed by atoms with Crippen molar-refractivity contribution in [1.82, 2.24) is 4.90 Å². The van der Waals surface area contributed by atoms with Crippen LogP contribution in [0.4, 0.5) is 0 Å². The lowest BCUT2D eigenvalue weighted by atomic mass is 9.80. The van der Waals surface area contributed by atoms with E-state index < -0.39 is 0 Å².